The van der Waals surface area contributed by atoms with Crippen LogP contribution in [0.1, 0.15) is 16.1 Å². The highest BCUT2D eigenvalue weighted by atomic mass is 16.5. The summed E-state index contributed by atoms with van der Waals surface area (Å²) in [4.78, 5) is 23.2. The number of hydrogen-bond donors (Lipinski definition) is 5. The third-order valence-corrected chi connectivity index (χ3v) is 4.20. The number of aliphatic hydroxyl groups is 1. The van der Waals surface area contributed by atoms with E-state index >= 15 is 0 Å². The number of hydrazine groups is 1. The van der Waals surface area contributed by atoms with E-state index < -0.39 is 30.4 Å². The van der Waals surface area contributed by atoms with Gasteiger partial charge in [-0.15, -0.1) is 0 Å². The minimum Gasteiger partial charge on any atom is -0.507 e. The first kappa shape index (κ1) is 20.8. The molecule has 1 atom stereocenters. The van der Waals surface area contributed by atoms with Crippen molar-refractivity contribution in [2.45, 2.75) is 12.6 Å². The fourth-order valence-corrected chi connectivity index (χ4v) is 2.74. The van der Waals surface area contributed by atoms with Crippen LogP contribution in [0.2, 0.25) is 0 Å². The zero-order valence-corrected chi connectivity index (χ0v) is 15.6. The van der Waals surface area contributed by atoms with Crippen LogP contribution in [0.3, 0.4) is 0 Å². The second-order valence-corrected chi connectivity index (χ2v) is 6.44. The number of phenols is 1. The number of carboxylic acids is 1. The third kappa shape index (κ3) is 5.13. The number of phenolic OH excluding ortho intramolecular Hbond substituents is 1. The number of amides is 1. The lowest BCUT2D eigenvalue weighted by Gasteiger charge is -2.24. The van der Waals surface area contributed by atoms with Crippen molar-refractivity contribution in [3.63, 3.8) is 0 Å². The highest BCUT2D eigenvalue weighted by molar-refractivity contribution is 5.91. The molecule has 0 fully saturated rings. The van der Waals surface area contributed by atoms with Crippen molar-refractivity contribution in [1.82, 2.24) is 15.6 Å². The Balaban J connectivity index is 1.75. The van der Waals surface area contributed by atoms with Crippen molar-refractivity contribution in [2.24, 2.45) is 0 Å². The Bertz CT molecular complexity index is 1030. The zero-order valence-electron chi connectivity index (χ0n) is 15.6. The van der Waals surface area contributed by atoms with Gasteiger partial charge >= 0.3 is 11.9 Å². The number of aliphatic carboxylic acids is 1. The lowest BCUT2D eigenvalue weighted by Crippen LogP contribution is -2.47. The minimum atomic E-state index is -1.74. The van der Waals surface area contributed by atoms with Gasteiger partial charge in [0.05, 0.1) is 12.6 Å². The van der Waals surface area contributed by atoms with Crippen molar-refractivity contribution in [3.05, 3.63) is 65.9 Å². The molecule has 10 heteroatoms. The lowest BCUT2D eigenvalue weighted by molar-refractivity contribution is -0.148. The molecule has 0 saturated carbocycles. The molecule has 0 aliphatic rings. The summed E-state index contributed by atoms with van der Waals surface area (Å²) in [7, 11) is 0. The molecule has 0 unspecified atom stereocenters. The van der Waals surface area contributed by atoms with Gasteiger partial charge in [-0.1, -0.05) is 42.5 Å². The molecule has 30 heavy (non-hydrogen) atoms. The predicted octanol–water partition coefficient (Wildman–Crippen LogP) is 1.35. The number of benzene rings is 2. The summed E-state index contributed by atoms with van der Waals surface area (Å²) in [6.07, 6.45) is -1.74. The Labute approximate surface area is 170 Å². The molecule has 5 N–H and O–H groups in total. The smallest absolute Gasteiger partial charge is 0.333 e. The van der Waals surface area contributed by atoms with E-state index in [9.17, 15) is 24.9 Å². The Morgan fingerprint density at radius 2 is 1.80 bits per heavy atom. The maximum absolute atomic E-state index is 12.2. The van der Waals surface area contributed by atoms with Crippen LogP contribution in [-0.4, -0.2) is 55.1 Å². The van der Waals surface area contributed by atoms with Gasteiger partial charge < -0.3 is 24.9 Å². The van der Waals surface area contributed by atoms with Gasteiger partial charge in [-0.25, -0.2) is 9.80 Å². The van der Waals surface area contributed by atoms with E-state index in [1.807, 2.05) is 0 Å². The third-order valence-electron chi connectivity index (χ3n) is 4.20. The standard InChI is InChI=1S/C20H19N3O7/c24-15-4-2-1-3-14(15)13-7-5-12(6-8-13)10-23(11-16(25)20(28)29)21-19(27)17-9-18(26)22-30-17/h1-9,16,24-25H,10-11H2,(H,21,27)(H,22,26)(H,28,29)/t16-/m1/s1. The number of carbonyl (C=O) groups excluding carboxylic acids is 1. The molecule has 3 aromatic rings. The number of rotatable bonds is 8. The zero-order chi connectivity index (χ0) is 21.7. The summed E-state index contributed by atoms with van der Waals surface area (Å²) in [6, 6.07) is 14.9. The number of aromatic nitrogens is 1. The quantitative estimate of drug-likeness (QED) is 0.344. The number of aliphatic hydroxyl groups excluding tert-OH is 1. The highest BCUT2D eigenvalue weighted by Gasteiger charge is 2.22. The Kier molecular flexibility index (Phi) is 6.30. The summed E-state index contributed by atoms with van der Waals surface area (Å²) >= 11 is 0. The molecule has 0 aliphatic carbocycles. The van der Waals surface area contributed by atoms with Crippen molar-refractivity contribution >= 4 is 11.9 Å². The number of para-hydroxylation sites is 1. The van der Waals surface area contributed by atoms with E-state index in [-0.39, 0.29) is 18.1 Å². The van der Waals surface area contributed by atoms with Gasteiger partial charge in [0.2, 0.25) is 5.76 Å². The fourth-order valence-electron chi connectivity index (χ4n) is 2.74. The van der Waals surface area contributed by atoms with E-state index in [1.54, 1.807) is 48.5 Å². The van der Waals surface area contributed by atoms with Crippen molar-refractivity contribution in [3.8, 4) is 22.8 Å². The molecule has 2 aromatic carbocycles. The van der Waals surface area contributed by atoms with Crippen LogP contribution in [0.25, 0.3) is 11.1 Å². The van der Waals surface area contributed by atoms with E-state index in [0.717, 1.165) is 11.6 Å². The van der Waals surface area contributed by atoms with E-state index in [0.29, 0.717) is 11.1 Å². The van der Waals surface area contributed by atoms with Crippen LogP contribution in [0.4, 0.5) is 0 Å². The molecule has 0 radical (unpaired) electrons. The van der Waals surface area contributed by atoms with Gasteiger partial charge in [0.25, 0.3) is 5.88 Å². The summed E-state index contributed by atoms with van der Waals surface area (Å²) in [5.41, 5.74) is 4.55. The molecule has 1 amide bonds. The molecule has 3 rings (SSSR count). The Morgan fingerprint density at radius 3 is 2.40 bits per heavy atom. The number of aromatic hydroxyl groups is 2. The van der Waals surface area contributed by atoms with Gasteiger partial charge in [0, 0.05) is 12.1 Å². The summed E-state index contributed by atoms with van der Waals surface area (Å²) < 4.78 is 4.66. The number of hydrogen-bond acceptors (Lipinski definition) is 8. The molecule has 0 spiro atoms. The molecular weight excluding hydrogens is 394 g/mol. The number of carbonyl (C=O) groups is 2. The van der Waals surface area contributed by atoms with E-state index in [2.05, 4.69) is 15.1 Å². The minimum absolute atomic E-state index is 0.0667. The van der Waals surface area contributed by atoms with Crippen LogP contribution < -0.4 is 5.43 Å². The largest absolute Gasteiger partial charge is 0.507 e. The SMILES string of the molecule is O=C(NN(Cc1ccc(-c2ccccc2O)cc1)C[C@@H](O)C(=O)O)c1cc(O)no1. The lowest BCUT2D eigenvalue weighted by atomic mass is 10.0. The number of carboxylic acid groups (broad SMARTS) is 1. The first-order valence-corrected chi connectivity index (χ1v) is 8.83. The topological polar surface area (TPSA) is 156 Å². The van der Waals surface area contributed by atoms with Crippen LogP contribution in [-0.2, 0) is 11.3 Å². The highest BCUT2D eigenvalue weighted by Crippen LogP contribution is 2.28. The first-order chi connectivity index (χ1) is 14.3. The maximum atomic E-state index is 12.2. The van der Waals surface area contributed by atoms with E-state index in [1.165, 1.54) is 5.01 Å². The summed E-state index contributed by atoms with van der Waals surface area (Å²) in [5, 5.41) is 42.2. The van der Waals surface area contributed by atoms with Crippen molar-refractivity contribution < 1.29 is 34.5 Å². The van der Waals surface area contributed by atoms with Gasteiger partial charge in [-0.3, -0.25) is 10.2 Å². The second-order valence-electron chi connectivity index (χ2n) is 6.44. The van der Waals surface area contributed by atoms with E-state index in [4.69, 9.17) is 5.11 Å². The molecule has 0 saturated heterocycles. The van der Waals surface area contributed by atoms with Gasteiger partial charge in [0.15, 0.2) is 6.10 Å². The maximum Gasteiger partial charge on any atom is 0.333 e. The number of nitrogens with one attached hydrogen (secondary N) is 1. The molecule has 156 valence electrons. The summed E-state index contributed by atoms with van der Waals surface area (Å²) in [6.45, 7) is -0.334. The monoisotopic (exact) mass is 413 g/mol. The van der Waals surface area contributed by atoms with Crippen LogP contribution in [0.5, 0.6) is 11.6 Å². The van der Waals surface area contributed by atoms with Crippen LogP contribution in [0.15, 0.2) is 59.1 Å². The molecule has 1 heterocycles. The Morgan fingerprint density at radius 1 is 1.10 bits per heavy atom. The molecular formula is C20H19N3O7. The first-order valence-electron chi connectivity index (χ1n) is 8.83. The van der Waals surface area contributed by atoms with Gasteiger partial charge in [0.1, 0.15) is 5.75 Å². The molecule has 10 nitrogen and oxygen atoms in total. The van der Waals surface area contributed by atoms with Crippen LogP contribution in [0, 0.1) is 0 Å². The number of nitrogens with zero attached hydrogens (tertiary/aromatic N) is 2. The van der Waals surface area contributed by atoms with Crippen molar-refractivity contribution in [2.75, 3.05) is 6.54 Å². The van der Waals surface area contributed by atoms with Gasteiger partial charge in [-0.05, 0) is 22.3 Å². The average molecular weight is 413 g/mol. The predicted molar refractivity (Wildman–Crippen MR) is 103 cm³/mol. The van der Waals surface area contributed by atoms with Crippen molar-refractivity contribution in [1.29, 1.82) is 0 Å². The molecule has 1 aromatic heterocycles. The normalized spacial score (nSPS) is 11.9. The second kappa shape index (κ2) is 9.07. The van der Waals surface area contributed by atoms with Crippen LogP contribution >= 0.6 is 0 Å². The molecule has 0 aliphatic heterocycles. The average Bonchev–Trinajstić information content (AvgIpc) is 3.15. The fraction of sp³-hybridized carbons (Fsp3) is 0.150. The summed E-state index contributed by atoms with van der Waals surface area (Å²) in [5.74, 6) is -2.83. The molecule has 0 bridgehead atoms. The van der Waals surface area contributed by atoms with Gasteiger partial charge in [-0.2, -0.15) is 0 Å². The Hall–Kier alpha value is -3.89.